The van der Waals surface area contributed by atoms with E-state index in [0.29, 0.717) is 0 Å². The molecule has 8 heteroatoms. The Balaban J connectivity index is 2.44. The zero-order chi connectivity index (χ0) is 14.8. The molecule has 2 rings (SSSR count). The monoisotopic (exact) mass is 311 g/mol. The second-order valence-corrected chi connectivity index (χ2v) is 5.75. The van der Waals surface area contributed by atoms with Gasteiger partial charge in [-0.25, -0.2) is 17.8 Å². The molecular formula is C12H7ClFN3O2S. The fraction of sp³-hybridized carbons (Fsp3) is 0. The van der Waals surface area contributed by atoms with Crippen LogP contribution >= 0.6 is 11.6 Å². The summed E-state index contributed by atoms with van der Waals surface area (Å²) in [6, 6.07) is 8.04. The average molecular weight is 312 g/mol. The third-order valence-corrected chi connectivity index (χ3v) is 4.06. The van der Waals surface area contributed by atoms with Gasteiger partial charge in [0.15, 0.2) is 0 Å². The molecule has 20 heavy (non-hydrogen) atoms. The molecule has 0 aliphatic heterocycles. The number of sulfonamides is 1. The van der Waals surface area contributed by atoms with Crippen LogP contribution in [0.15, 0.2) is 41.4 Å². The summed E-state index contributed by atoms with van der Waals surface area (Å²) in [5.41, 5.74) is -0.163. The SMILES string of the molecule is N#Cc1c(Cl)cccc1S(=O)(=O)Nc1ccc(F)cn1. The van der Waals surface area contributed by atoms with Crippen LogP contribution in [0.1, 0.15) is 5.56 Å². The average Bonchev–Trinajstić information content (AvgIpc) is 2.41. The lowest BCUT2D eigenvalue weighted by atomic mass is 10.2. The lowest BCUT2D eigenvalue weighted by Gasteiger charge is -2.09. The molecule has 0 bridgehead atoms. The van der Waals surface area contributed by atoms with Crippen LogP contribution in [0, 0.1) is 17.1 Å². The summed E-state index contributed by atoms with van der Waals surface area (Å²) >= 11 is 5.78. The Morgan fingerprint density at radius 2 is 2.05 bits per heavy atom. The molecule has 2 aromatic rings. The van der Waals surface area contributed by atoms with E-state index >= 15 is 0 Å². The van der Waals surface area contributed by atoms with Crippen molar-refractivity contribution in [2.24, 2.45) is 0 Å². The number of hydrogen-bond donors (Lipinski definition) is 1. The maximum atomic E-state index is 12.7. The van der Waals surface area contributed by atoms with Crippen LogP contribution in [0.4, 0.5) is 10.2 Å². The smallest absolute Gasteiger partial charge is 0.263 e. The molecule has 0 spiro atoms. The number of halogens is 2. The first-order valence-corrected chi connectivity index (χ1v) is 7.13. The van der Waals surface area contributed by atoms with Gasteiger partial charge in [0.2, 0.25) is 0 Å². The predicted octanol–water partition coefficient (Wildman–Crippen LogP) is 2.55. The fourth-order valence-corrected chi connectivity index (χ4v) is 2.93. The summed E-state index contributed by atoms with van der Waals surface area (Å²) in [5.74, 6) is -0.649. The number of nitriles is 1. The Kier molecular flexibility index (Phi) is 3.88. The maximum Gasteiger partial charge on any atom is 0.264 e. The van der Waals surface area contributed by atoms with Crippen molar-refractivity contribution in [1.82, 2.24) is 4.98 Å². The molecule has 0 radical (unpaired) electrons. The third kappa shape index (κ3) is 2.87. The van der Waals surface area contributed by atoms with Crippen LogP contribution in [0.3, 0.4) is 0 Å². The summed E-state index contributed by atoms with van der Waals surface area (Å²) in [5, 5.41) is 9.00. The summed E-state index contributed by atoms with van der Waals surface area (Å²) in [4.78, 5) is 3.32. The van der Waals surface area contributed by atoms with Gasteiger partial charge in [0.1, 0.15) is 22.6 Å². The van der Waals surface area contributed by atoms with Crippen LogP contribution in [-0.4, -0.2) is 13.4 Å². The molecule has 0 aliphatic rings. The quantitative estimate of drug-likeness (QED) is 0.944. The lowest BCUT2D eigenvalue weighted by molar-refractivity contribution is 0.600. The van der Waals surface area contributed by atoms with Gasteiger partial charge in [-0.2, -0.15) is 5.26 Å². The van der Waals surface area contributed by atoms with Crippen LogP contribution in [-0.2, 0) is 10.0 Å². The van der Waals surface area contributed by atoms with Crippen LogP contribution in [0.25, 0.3) is 0 Å². The van der Waals surface area contributed by atoms with E-state index < -0.39 is 15.8 Å². The number of rotatable bonds is 3. The van der Waals surface area contributed by atoms with Crippen molar-refractivity contribution in [2.75, 3.05) is 4.72 Å². The minimum Gasteiger partial charge on any atom is -0.263 e. The molecule has 5 nitrogen and oxygen atoms in total. The van der Waals surface area contributed by atoms with Gasteiger partial charge in [0, 0.05) is 0 Å². The van der Waals surface area contributed by atoms with E-state index in [4.69, 9.17) is 16.9 Å². The molecule has 0 atom stereocenters. The van der Waals surface area contributed by atoms with Crippen molar-refractivity contribution in [3.63, 3.8) is 0 Å². The van der Waals surface area contributed by atoms with E-state index in [1.807, 2.05) is 0 Å². The summed E-state index contributed by atoms with van der Waals surface area (Å²) in [7, 11) is -4.03. The Morgan fingerprint density at radius 1 is 1.30 bits per heavy atom. The van der Waals surface area contributed by atoms with Crippen molar-refractivity contribution in [2.45, 2.75) is 4.90 Å². The Hall–Kier alpha value is -2.17. The number of benzene rings is 1. The topological polar surface area (TPSA) is 82.8 Å². The van der Waals surface area contributed by atoms with E-state index in [9.17, 15) is 12.8 Å². The van der Waals surface area contributed by atoms with Gasteiger partial charge in [-0.3, -0.25) is 4.72 Å². The minimum absolute atomic E-state index is 0.0300. The molecule has 1 heterocycles. The molecular weight excluding hydrogens is 305 g/mol. The third-order valence-electron chi connectivity index (χ3n) is 2.34. The van der Waals surface area contributed by atoms with Crippen molar-refractivity contribution < 1.29 is 12.8 Å². The predicted molar refractivity (Wildman–Crippen MR) is 71.2 cm³/mol. The Bertz CT molecular complexity index is 785. The highest BCUT2D eigenvalue weighted by Crippen LogP contribution is 2.24. The van der Waals surface area contributed by atoms with Gasteiger partial charge in [0.25, 0.3) is 10.0 Å². The van der Waals surface area contributed by atoms with Crippen LogP contribution < -0.4 is 4.72 Å². The van der Waals surface area contributed by atoms with E-state index in [1.165, 1.54) is 24.3 Å². The highest BCUT2D eigenvalue weighted by Gasteiger charge is 2.21. The molecule has 0 fully saturated rings. The second-order valence-electron chi connectivity index (χ2n) is 3.69. The zero-order valence-electron chi connectivity index (χ0n) is 9.84. The van der Waals surface area contributed by atoms with E-state index in [2.05, 4.69) is 9.71 Å². The maximum absolute atomic E-state index is 12.7. The standard InChI is InChI=1S/C12H7ClFN3O2S/c13-10-2-1-3-11(9(10)6-15)20(18,19)17-12-5-4-8(14)7-16-12/h1-5,7H,(H,16,17). The molecule has 1 aromatic carbocycles. The summed E-state index contributed by atoms with van der Waals surface area (Å²) in [6.45, 7) is 0. The van der Waals surface area contributed by atoms with Gasteiger partial charge >= 0.3 is 0 Å². The molecule has 0 saturated heterocycles. The number of anilines is 1. The highest BCUT2D eigenvalue weighted by atomic mass is 35.5. The summed E-state index contributed by atoms with van der Waals surface area (Å²) < 4.78 is 39.2. The molecule has 1 N–H and O–H groups in total. The number of pyridine rings is 1. The molecule has 1 aromatic heterocycles. The van der Waals surface area contributed by atoms with Crippen molar-refractivity contribution in [1.29, 1.82) is 5.26 Å². The first kappa shape index (κ1) is 14.2. The fourth-order valence-electron chi connectivity index (χ4n) is 1.47. The van der Waals surface area contributed by atoms with Crippen molar-refractivity contribution >= 4 is 27.4 Å². The highest BCUT2D eigenvalue weighted by molar-refractivity contribution is 7.92. The first-order chi connectivity index (χ1) is 9.44. The number of nitrogens with zero attached hydrogens (tertiary/aromatic N) is 2. The molecule has 0 aliphatic carbocycles. The zero-order valence-corrected chi connectivity index (χ0v) is 11.4. The lowest BCUT2D eigenvalue weighted by Crippen LogP contribution is -2.15. The van der Waals surface area contributed by atoms with E-state index in [1.54, 1.807) is 6.07 Å². The number of hydrogen-bond acceptors (Lipinski definition) is 4. The van der Waals surface area contributed by atoms with Crippen molar-refractivity contribution in [3.8, 4) is 6.07 Å². The van der Waals surface area contributed by atoms with Crippen LogP contribution in [0.5, 0.6) is 0 Å². The number of nitrogens with one attached hydrogen (secondary N) is 1. The van der Waals surface area contributed by atoms with Crippen LogP contribution in [0.2, 0.25) is 5.02 Å². The molecule has 0 unspecified atom stereocenters. The van der Waals surface area contributed by atoms with E-state index in [-0.39, 0.29) is 21.3 Å². The van der Waals surface area contributed by atoms with Gasteiger partial charge in [0.05, 0.1) is 16.8 Å². The normalized spacial score (nSPS) is 10.8. The molecule has 0 saturated carbocycles. The molecule has 102 valence electrons. The summed E-state index contributed by atoms with van der Waals surface area (Å²) in [6.07, 6.45) is 0.876. The first-order valence-electron chi connectivity index (χ1n) is 5.27. The van der Waals surface area contributed by atoms with Gasteiger partial charge in [-0.05, 0) is 24.3 Å². The van der Waals surface area contributed by atoms with E-state index in [0.717, 1.165) is 12.3 Å². The van der Waals surface area contributed by atoms with Gasteiger partial charge in [-0.15, -0.1) is 0 Å². The Labute approximate surface area is 119 Å². The Morgan fingerprint density at radius 3 is 2.65 bits per heavy atom. The number of aromatic nitrogens is 1. The largest absolute Gasteiger partial charge is 0.264 e. The van der Waals surface area contributed by atoms with Gasteiger partial charge < -0.3 is 0 Å². The minimum atomic E-state index is -4.03. The molecule has 0 amide bonds. The second kappa shape index (κ2) is 5.45. The van der Waals surface area contributed by atoms with Gasteiger partial charge in [-0.1, -0.05) is 17.7 Å². The van der Waals surface area contributed by atoms with Crippen molar-refractivity contribution in [3.05, 3.63) is 52.9 Å².